The lowest BCUT2D eigenvalue weighted by molar-refractivity contribution is 0.229. The van der Waals surface area contributed by atoms with Crippen molar-refractivity contribution >= 4 is 0 Å². The fourth-order valence-corrected chi connectivity index (χ4v) is 2.26. The number of nitrogens with one attached hydrogen (secondary N) is 1. The van der Waals surface area contributed by atoms with E-state index >= 15 is 0 Å². The summed E-state index contributed by atoms with van der Waals surface area (Å²) in [6.07, 6.45) is 6.13. The zero-order valence-electron chi connectivity index (χ0n) is 10.8. The van der Waals surface area contributed by atoms with Crippen molar-refractivity contribution < 1.29 is 0 Å². The highest BCUT2D eigenvalue weighted by molar-refractivity contribution is 5.12. The van der Waals surface area contributed by atoms with Crippen LogP contribution in [0.1, 0.15) is 30.5 Å². The molecule has 3 nitrogen and oxygen atoms in total. The lowest BCUT2D eigenvalue weighted by atomic mass is 10.1. The second kappa shape index (κ2) is 6.72. The fraction of sp³-hybridized carbons (Fsp3) is 0.643. The summed E-state index contributed by atoms with van der Waals surface area (Å²) in [6, 6.07) is 4.22. The van der Waals surface area contributed by atoms with Crippen LogP contribution in [0.15, 0.2) is 18.3 Å². The molecule has 0 aliphatic carbocycles. The molecule has 1 N–H and O–H groups in total. The summed E-state index contributed by atoms with van der Waals surface area (Å²) < 4.78 is 0. The molecule has 0 bridgehead atoms. The van der Waals surface area contributed by atoms with Crippen molar-refractivity contribution in [3.8, 4) is 0 Å². The summed E-state index contributed by atoms with van der Waals surface area (Å²) in [5, 5.41) is 3.49. The molecule has 2 rings (SSSR count). The molecular formula is C14H23N3. The first-order valence-corrected chi connectivity index (χ1v) is 6.69. The maximum absolute atomic E-state index is 4.30. The van der Waals surface area contributed by atoms with Gasteiger partial charge in [0.1, 0.15) is 0 Å². The number of rotatable bonds is 5. The average molecular weight is 233 g/mol. The first-order valence-electron chi connectivity index (χ1n) is 6.69. The summed E-state index contributed by atoms with van der Waals surface area (Å²) in [5.41, 5.74) is 2.36. The van der Waals surface area contributed by atoms with E-state index < -0.39 is 0 Å². The second-order valence-electron chi connectivity index (χ2n) is 4.89. The van der Waals surface area contributed by atoms with Crippen LogP contribution in [0.25, 0.3) is 0 Å². The number of aromatic nitrogens is 1. The molecule has 1 aliphatic heterocycles. The maximum atomic E-state index is 4.30. The number of pyridine rings is 1. The number of piperidine rings is 1. The van der Waals surface area contributed by atoms with Crippen LogP contribution in [-0.2, 0) is 6.54 Å². The van der Waals surface area contributed by atoms with Crippen LogP contribution < -0.4 is 5.32 Å². The molecule has 94 valence electrons. The minimum atomic E-state index is 0.932. The Bertz CT molecular complexity index is 315. The summed E-state index contributed by atoms with van der Waals surface area (Å²) >= 11 is 0. The molecule has 0 radical (unpaired) electrons. The molecular weight excluding hydrogens is 210 g/mol. The molecule has 1 fully saturated rings. The Morgan fingerprint density at radius 3 is 2.76 bits per heavy atom. The number of hydrogen-bond donors (Lipinski definition) is 1. The van der Waals surface area contributed by atoms with Gasteiger partial charge in [0.15, 0.2) is 0 Å². The smallest absolute Gasteiger partial charge is 0.0372 e. The molecule has 0 unspecified atom stereocenters. The highest BCUT2D eigenvalue weighted by Gasteiger charge is 2.08. The van der Waals surface area contributed by atoms with Gasteiger partial charge in [0.25, 0.3) is 0 Å². The molecule has 1 aromatic heterocycles. The van der Waals surface area contributed by atoms with E-state index in [0.717, 1.165) is 18.8 Å². The van der Waals surface area contributed by atoms with Gasteiger partial charge in [-0.25, -0.2) is 0 Å². The van der Waals surface area contributed by atoms with E-state index in [0.29, 0.717) is 0 Å². The van der Waals surface area contributed by atoms with Gasteiger partial charge in [0, 0.05) is 31.5 Å². The van der Waals surface area contributed by atoms with Crippen LogP contribution in [-0.4, -0.2) is 36.1 Å². The number of likely N-dealkylation sites (tertiary alicyclic amines) is 1. The molecule has 0 amide bonds. The summed E-state index contributed by atoms with van der Waals surface area (Å²) in [4.78, 5) is 6.86. The second-order valence-corrected chi connectivity index (χ2v) is 4.89. The summed E-state index contributed by atoms with van der Waals surface area (Å²) in [5.74, 6) is 0. The van der Waals surface area contributed by atoms with Crippen molar-refractivity contribution in [2.45, 2.75) is 32.7 Å². The Kier molecular flexibility index (Phi) is 4.95. The van der Waals surface area contributed by atoms with Crippen LogP contribution in [0.3, 0.4) is 0 Å². The number of hydrogen-bond acceptors (Lipinski definition) is 3. The van der Waals surface area contributed by atoms with Crippen molar-refractivity contribution in [3.05, 3.63) is 29.6 Å². The number of nitrogens with zero attached hydrogens (tertiary/aromatic N) is 2. The van der Waals surface area contributed by atoms with Crippen LogP contribution >= 0.6 is 0 Å². The lowest BCUT2D eigenvalue weighted by Gasteiger charge is -2.26. The highest BCUT2D eigenvalue weighted by Crippen LogP contribution is 2.07. The maximum Gasteiger partial charge on any atom is 0.0372 e. The highest BCUT2D eigenvalue weighted by atomic mass is 15.1. The quantitative estimate of drug-likeness (QED) is 0.788. The predicted octanol–water partition coefficient (Wildman–Crippen LogP) is 1.97. The number of aryl methyl sites for hydroxylation is 1. The van der Waals surface area contributed by atoms with E-state index in [-0.39, 0.29) is 0 Å². The third-order valence-corrected chi connectivity index (χ3v) is 3.36. The Labute approximate surface area is 104 Å². The Morgan fingerprint density at radius 2 is 2.06 bits per heavy atom. The Hall–Kier alpha value is -0.930. The van der Waals surface area contributed by atoms with E-state index in [1.165, 1.54) is 44.5 Å². The fourth-order valence-electron chi connectivity index (χ4n) is 2.26. The van der Waals surface area contributed by atoms with Gasteiger partial charge >= 0.3 is 0 Å². The predicted molar refractivity (Wildman–Crippen MR) is 71.0 cm³/mol. The van der Waals surface area contributed by atoms with Crippen molar-refractivity contribution in [2.24, 2.45) is 0 Å². The van der Waals surface area contributed by atoms with E-state index in [2.05, 4.69) is 27.3 Å². The van der Waals surface area contributed by atoms with Crippen molar-refractivity contribution in [1.82, 2.24) is 15.2 Å². The third kappa shape index (κ3) is 4.44. The van der Waals surface area contributed by atoms with Crippen molar-refractivity contribution in [3.63, 3.8) is 0 Å². The largest absolute Gasteiger partial charge is 0.311 e. The summed E-state index contributed by atoms with van der Waals surface area (Å²) in [6.45, 7) is 7.78. The molecule has 1 saturated heterocycles. The SMILES string of the molecule is Cc1ccc(CNCCN2CCCCC2)cn1. The normalized spacial score (nSPS) is 17.2. The van der Waals surface area contributed by atoms with Gasteiger partial charge in [0.05, 0.1) is 0 Å². The van der Waals surface area contributed by atoms with E-state index in [4.69, 9.17) is 0 Å². The molecule has 0 aromatic carbocycles. The first kappa shape index (κ1) is 12.5. The van der Waals surface area contributed by atoms with Crippen LogP contribution in [0.2, 0.25) is 0 Å². The zero-order chi connectivity index (χ0) is 11.9. The lowest BCUT2D eigenvalue weighted by Crippen LogP contribution is -2.35. The molecule has 17 heavy (non-hydrogen) atoms. The van der Waals surface area contributed by atoms with E-state index in [1.54, 1.807) is 0 Å². The monoisotopic (exact) mass is 233 g/mol. The molecule has 0 atom stereocenters. The van der Waals surface area contributed by atoms with Gasteiger partial charge in [0.2, 0.25) is 0 Å². The van der Waals surface area contributed by atoms with E-state index in [9.17, 15) is 0 Å². The van der Waals surface area contributed by atoms with Gasteiger partial charge in [-0.3, -0.25) is 4.98 Å². The molecule has 2 heterocycles. The molecule has 1 aliphatic rings. The van der Waals surface area contributed by atoms with Gasteiger partial charge in [-0.15, -0.1) is 0 Å². The van der Waals surface area contributed by atoms with Crippen LogP contribution in [0, 0.1) is 6.92 Å². The average Bonchev–Trinajstić information content (AvgIpc) is 2.38. The van der Waals surface area contributed by atoms with Gasteiger partial charge in [-0.1, -0.05) is 12.5 Å². The topological polar surface area (TPSA) is 28.2 Å². The molecule has 0 spiro atoms. The van der Waals surface area contributed by atoms with Crippen LogP contribution in [0.5, 0.6) is 0 Å². The molecule has 1 aromatic rings. The first-order chi connectivity index (χ1) is 8.34. The van der Waals surface area contributed by atoms with Gasteiger partial charge < -0.3 is 10.2 Å². The summed E-state index contributed by atoms with van der Waals surface area (Å²) in [7, 11) is 0. The van der Waals surface area contributed by atoms with Crippen molar-refractivity contribution in [2.75, 3.05) is 26.2 Å². The van der Waals surface area contributed by atoms with Gasteiger partial charge in [-0.05, 0) is 44.5 Å². The van der Waals surface area contributed by atoms with Gasteiger partial charge in [-0.2, -0.15) is 0 Å². The van der Waals surface area contributed by atoms with Crippen LogP contribution in [0.4, 0.5) is 0 Å². The minimum Gasteiger partial charge on any atom is -0.311 e. The third-order valence-electron chi connectivity index (χ3n) is 3.36. The standard InChI is InChI=1S/C14H23N3/c1-13-5-6-14(12-16-13)11-15-7-10-17-8-3-2-4-9-17/h5-6,12,15H,2-4,7-11H2,1H3. The molecule has 3 heteroatoms. The Morgan fingerprint density at radius 1 is 1.24 bits per heavy atom. The minimum absolute atomic E-state index is 0.932. The Balaban J connectivity index is 1.60. The van der Waals surface area contributed by atoms with E-state index in [1.807, 2.05) is 13.1 Å². The van der Waals surface area contributed by atoms with Crippen molar-refractivity contribution in [1.29, 1.82) is 0 Å². The molecule has 0 saturated carbocycles. The zero-order valence-corrected chi connectivity index (χ0v) is 10.8.